The Hall–Kier alpha value is -2.10. The summed E-state index contributed by atoms with van der Waals surface area (Å²) in [5, 5.41) is 2.78. The molecule has 0 heterocycles. The molecule has 4 heteroatoms. The van der Waals surface area contributed by atoms with Crippen LogP contribution < -0.4 is 5.32 Å². The van der Waals surface area contributed by atoms with Gasteiger partial charge in [0.25, 0.3) is 0 Å². The van der Waals surface area contributed by atoms with Crippen LogP contribution in [0.15, 0.2) is 42.5 Å². The van der Waals surface area contributed by atoms with Gasteiger partial charge in [0, 0.05) is 6.54 Å². The number of allylic oxidation sites excluding steroid dienone is 2. The fraction of sp³-hybridized carbons (Fsp3) is 0.412. The molecule has 0 saturated heterocycles. The summed E-state index contributed by atoms with van der Waals surface area (Å²) in [6, 6.07) is 9.57. The van der Waals surface area contributed by atoms with Crippen LogP contribution in [0.4, 0.5) is 4.79 Å². The van der Waals surface area contributed by atoms with Crippen LogP contribution >= 0.6 is 0 Å². The normalized spacial score (nSPS) is 11.3. The minimum Gasteiger partial charge on any atom is -0.445 e. The Kier molecular flexibility index (Phi) is 7.23. The SMILES string of the molecule is CC(C)(CC/C=C/C=O)CNC(=O)OCc1ccccc1. The molecule has 0 bridgehead atoms. The summed E-state index contributed by atoms with van der Waals surface area (Å²) in [6.45, 7) is 4.95. The fourth-order valence-electron chi connectivity index (χ4n) is 1.80. The molecule has 0 atom stereocenters. The Morgan fingerprint density at radius 1 is 1.29 bits per heavy atom. The summed E-state index contributed by atoms with van der Waals surface area (Å²) in [5.41, 5.74) is 0.921. The molecule has 0 radical (unpaired) electrons. The average Bonchev–Trinajstić information content (AvgIpc) is 2.49. The van der Waals surface area contributed by atoms with E-state index in [1.807, 2.05) is 36.4 Å². The Morgan fingerprint density at radius 2 is 2.00 bits per heavy atom. The topological polar surface area (TPSA) is 55.4 Å². The lowest BCUT2D eigenvalue weighted by molar-refractivity contribution is -0.104. The van der Waals surface area contributed by atoms with Crippen LogP contribution in [0.25, 0.3) is 0 Å². The van der Waals surface area contributed by atoms with E-state index in [0.717, 1.165) is 24.7 Å². The molecular formula is C17H23NO3. The molecule has 1 N–H and O–H groups in total. The summed E-state index contributed by atoms with van der Waals surface area (Å²) >= 11 is 0. The van der Waals surface area contributed by atoms with Crippen molar-refractivity contribution < 1.29 is 14.3 Å². The highest BCUT2D eigenvalue weighted by atomic mass is 16.5. The highest BCUT2D eigenvalue weighted by molar-refractivity contribution is 5.67. The summed E-state index contributed by atoms with van der Waals surface area (Å²) in [7, 11) is 0. The van der Waals surface area contributed by atoms with Gasteiger partial charge in [0.1, 0.15) is 12.9 Å². The zero-order valence-electron chi connectivity index (χ0n) is 12.7. The number of alkyl carbamates (subject to hydrolysis) is 1. The summed E-state index contributed by atoms with van der Waals surface area (Å²) in [6.07, 6.45) is 5.39. The van der Waals surface area contributed by atoms with Gasteiger partial charge in [-0.05, 0) is 29.9 Å². The molecule has 0 fully saturated rings. The van der Waals surface area contributed by atoms with Gasteiger partial charge in [-0.1, -0.05) is 50.3 Å². The van der Waals surface area contributed by atoms with E-state index in [4.69, 9.17) is 4.74 Å². The van der Waals surface area contributed by atoms with E-state index < -0.39 is 6.09 Å². The molecular weight excluding hydrogens is 266 g/mol. The lowest BCUT2D eigenvalue weighted by Gasteiger charge is -2.24. The van der Waals surface area contributed by atoms with Gasteiger partial charge in [-0.2, -0.15) is 0 Å². The maximum Gasteiger partial charge on any atom is 0.407 e. The number of rotatable bonds is 8. The van der Waals surface area contributed by atoms with Crippen LogP contribution in [0.5, 0.6) is 0 Å². The predicted octanol–water partition coefficient (Wildman–Crippen LogP) is 3.47. The monoisotopic (exact) mass is 289 g/mol. The predicted molar refractivity (Wildman–Crippen MR) is 82.8 cm³/mol. The smallest absolute Gasteiger partial charge is 0.407 e. The van der Waals surface area contributed by atoms with E-state index in [0.29, 0.717) is 6.54 Å². The maximum absolute atomic E-state index is 11.6. The maximum atomic E-state index is 11.6. The number of nitrogens with one attached hydrogen (secondary N) is 1. The zero-order chi connectivity index (χ0) is 15.6. The molecule has 114 valence electrons. The molecule has 0 aliphatic heterocycles. The van der Waals surface area contributed by atoms with Gasteiger partial charge >= 0.3 is 6.09 Å². The molecule has 0 spiro atoms. The van der Waals surface area contributed by atoms with Crippen molar-refractivity contribution in [1.29, 1.82) is 0 Å². The van der Waals surface area contributed by atoms with Crippen molar-refractivity contribution in [2.75, 3.05) is 6.54 Å². The van der Waals surface area contributed by atoms with Crippen molar-refractivity contribution in [3.05, 3.63) is 48.0 Å². The van der Waals surface area contributed by atoms with Crippen molar-refractivity contribution in [3.63, 3.8) is 0 Å². The highest BCUT2D eigenvalue weighted by Crippen LogP contribution is 2.21. The van der Waals surface area contributed by atoms with Crippen LogP contribution in [-0.4, -0.2) is 18.9 Å². The minimum absolute atomic E-state index is 0.0427. The fourth-order valence-corrected chi connectivity index (χ4v) is 1.80. The van der Waals surface area contributed by atoms with Crippen LogP contribution in [-0.2, 0) is 16.1 Å². The molecule has 1 aromatic carbocycles. The second-order valence-electron chi connectivity index (χ2n) is 5.68. The number of aldehydes is 1. The number of hydrogen-bond acceptors (Lipinski definition) is 3. The Balaban J connectivity index is 2.25. The van der Waals surface area contributed by atoms with Gasteiger partial charge in [0.15, 0.2) is 0 Å². The first-order chi connectivity index (χ1) is 10.0. The molecule has 1 rings (SSSR count). The van der Waals surface area contributed by atoms with E-state index in [1.165, 1.54) is 6.08 Å². The third-order valence-corrected chi connectivity index (χ3v) is 3.13. The molecule has 4 nitrogen and oxygen atoms in total. The minimum atomic E-state index is -0.407. The molecule has 21 heavy (non-hydrogen) atoms. The van der Waals surface area contributed by atoms with Crippen molar-refractivity contribution >= 4 is 12.4 Å². The van der Waals surface area contributed by atoms with Crippen molar-refractivity contribution in [3.8, 4) is 0 Å². The van der Waals surface area contributed by atoms with Crippen LogP contribution in [0, 0.1) is 5.41 Å². The largest absolute Gasteiger partial charge is 0.445 e. The molecule has 0 aromatic heterocycles. The highest BCUT2D eigenvalue weighted by Gasteiger charge is 2.18. The molecule has 0 aliphatic rings. The second kappa shape index (κ2) is 8.95. The van der Waals surface area contributed by atoms with Gasteiger partial charge in [-0.3, -0.25) is 4.79 Å². The molecule has 0 aliphatic carbocycles. The Labute approximate surface area is 126 Å². The number of ether oxygens (including phenoxy) is 1. The number of hydrogen-bond donors (Lipinski definition) is 1. The lowest BCUT2D eigenvalue weighted by Crippen LogP contribution is -2.34. The second-order valence-corrected chi connectivity index (χ2v) is 5.68. The van der Waals surface area contributed by atoms with Crippen molar-refractivity contribution in [1.82, 2.24) is 5.32 Å². The van der Waals surface area contributed by atoms with Crippen LogP contribution in [0.2, 0.25) is 0 Å². The van der Waals surface area contributed by atoms with Gasteiger partial charge in [-0.25, -0.2) is 4.79 Å². The van der Waals surface area contributed by atoms with Crippen LogP contribution in [0.3, 0.4) is 0 Å². The van der Waals surface area contributed by atoms with E-state index >= 15 is 0 Å². The van der Waals surface area contributed by atoms with Crippen LogP contribution in [0.1, 0.15) is 32.3 Å². The van der Waals surface area contributed by atoms with E-state index in [2.05, 4.69) is 19.2 Å². The first kappa shape index (κ1) is 17.0. The van der Waals surface area contributed by atoms with Gasteiger partial charge < -0.3 is 10.1 Å². The summed E-state index contributed by atoms with van der Waals surface area (Å²) < 4.78 is 5.16. The lowest BCUT2D eigenvalue weighted by atomic mass is 9.88. The van der Waals surface area contributed by atoms with Gasteiger partial charge in [-0.15, -0.1) is 0 Å². The zero-order valence-corrected chi connectivity index (χ0v) is 12.7. The van der Waals surface area contributed by atoms with Crippen molar-refractivity contribution in [2.24, 2.45) is 5.41 Å². The number of carbonyl (C=O) groups excluding carboxylic acids is 2. The first-order valence-corrected chi connectivity index (χ1v) is 7.08. The third kappa shape index (κ3) is 7.92. The summed E-state index contributed by atoms with van der Waals surface area (Å²) in [4.78, 5) is 21.8. The molecule has 1 amide bonds. The van der Waals surface area contributed by atoms with Gasteiger partial charge in [0.05, 0.1) is 0 Å². The molecule has 1 aromatic rings. The number of benzene rings is 1. The standard InChI is InChI=1S/C17H23NO3/c1-17(2,11-7-4-8-12-19)14-18-16(20)21-13-15-9-5-3-6-10-15/h3-6,8-10,12H,7,11,13-14H2,1-2H3,(H,18,20)/b8-4+. The number of carbonyl (C=O) groups is 2. The Morgan fingerprint density at radius 3 is 2.67 bits per heavy atom. The first-order valence-electron chi connectivity index (χ1n) is 7.08. The van der Waals surface area contributed by atoms with E-state index in [-0.39, 0.29) is 12.0 Å². The van der Waals surface area contributed by atoms with Crippen molar-refractivity contribution in [2.45, 2.75) is 33.3 Å². The number of amides is 1. The third-order valence-electron chi connectivity index (χ3n) is 3.13. The van der Waals surface area contributed by atoms with Gasteiger partial charge in [0.2, 0.25) is 0 Å². The quantitative estimate of drug-likeness (QED) is 0.589. The van der Waals surface area contributed by atoms with E-state index in [1.54, 1.807) is 0 Å². The molecule has 0 unspecified atom stereocenters. The van der Waals surface area contributed by atoms with E-state index in [9.17, 15) is 9.59 Å². The summed E-state index contributed by atoms with van der Waals surface area (Å²) in [5.74, 6) is 0. The average molecular weight is 289 g/mol. The molecule has 0 saturated carbocycles. The Bertz CT molecular complexity index is 466.